The molecule has 1 atom stereocenters. The number of benzene rings is 2. The van der Waals surface area contributed by atoms with Gasteiger partial charge in [0.1, 0.15) is 12.4 Å². The van der Waals surface area contributed by atoms with Gasteiger partial charge in [-0.25, -0.2) is 4.99 Å². The van der Waals surface area contributed by atoms with Crippen LogP contribution in [-0.2, 0) is 17.9 Å². The Labute approximate surface area is 168 Å². The van der Waals surface area contributed by atoms with E-state index in [9.17, 15) is 0 Å². The molecule has 28 heavy (non-hydrogen) atoms. The zero-order valence-corrected chi connectivity index (χ0v) is 16.9. The molecule has 1 saturated heterocycles. The molecule has 0 bridgehead atoms. The third-order valence-corrected chi connectivity index (χ3v) is 4.91. The molecule has 0 spiro atoms. The molecular formula is C23H31N3O2. The number of guanidine groups is 1. The summed E-state index contributed by atoms with van der Waals surface area (Å²) in [5, 5.41) is 3.41. The van der Waals surface area contributed by atoms with Crippen LogP contribution in [0.4, 0.5) is 0 Å². The minimum absolute atomic E-state index is 0.543. The summed E-state index contributed by atoms with van der Waals surface area (Å²) < 4.78 is 11.4. The van der Waals surface area contributed by atoms with Crippen molar-refractivity contribution in [3.8, 4) is 5.75 Å². The van der Waals surface area contributed by atoms with Crippen molar-refractivity contribution >= 4 is 5.96 Å². The van der Waals surface area contributed by atoms with Crippen molar-refractivity contribution < 1.29 is 9.47 Å². The summed E-state index contributed by atoms with van der Waals surface area (Å²) in [5.74, 6) is 2.40. The predicted octanol–water partition coefficient (Wildman–Crippen LogP) is 3.70. The van der Waals surface area contributed by atoms with Crippen molar-refractivity contribution in [3.63, 3.8) is 0 Å². The summed E-state index contributed by atoms with van der Waals surface area (Å²) in [6, 6.07) is 18.3. The maximum absolute atomic E-state index is 5.93. The van der Waals surface area contributed by atoms with E-state index >= 15 is 0 Å². The van der Waals surface area contributed by atoms with Crippen molar-refractivity contribution in [1.29, 1.82) is 0 Å². The van der Waals surface area contributed by atoms with Gasteiger partial charge in [0.15, 0.2) is 5.96 Å². The Balaban J connectivity index is 1.64. The Kier molecular flexibility index (Phi) is 7.73. The second-order valence-corrected chi connectivity index (χ2v) is 7.15. The van der Waals surface area contributed by atoms with Crippen LogP contribution < -0.4 is 10.1 Å². The van der Waals surface area contributed by atoms with Crippen LogP contribution in [0, 0.1) is 5.92 Å². The van der Waals surface area contributed by atoms with E-state index in [0.717, 1.165) is 50.0 Å². The first-order valence-corrected chi connectivity index (χ1v) is 10.1. The minimum atomic E-state index is 0.543. The maximum atomic E-state index is 5.93. The van der Waals surface area contributed by atoms with E-state index in [2.05, 4.69) is 42.4 Å². The average Bonchev–Trinajstić information content (AvgIpc) is 3.24. The summed E-state index contributed by atoms with van der Waals surface area (Å²) >= 11 is 0. The fraction of sp³-hybridized carbons (Fsp3) is 0.435. The second kappa shape index (κ2) is 10.7. The molecule has 5 nitrogen and oxygen atoms in total. The number of nitrogens with one attached hydrogen (secondary N) is 1. The quantitative estimate of drug-likeness (QED) is 0.559. The summed E-state index contributed by atoms with van der Waals surface area (Å²) in [7, 11) is 2.10. The van der Waals surface area contributed by atoms with Crippen LogP contribution in [0.2, 0.25) is 0 Å². The molecule has 1 aliphatic heterocycles. The molecule has 5 heteroatoms. The van der Waals surface area contributed by atoms with Crippen LogP contribution in [0.5, 0.6) is 5.75 Å². The Bertz CT molecular complexity index is 743. The van der Waals surface area contributed by atoms with Gasteiger partial charge in [0, 0.05) is 32.7 Å². The molecule has 1 unspecified atom stereocenters. The van der Waals surface area contributed by atoms with Crippen LogP contribution in [0.25, 0.3) is 0 Å². The molecule has 0 amide bonds. The first kappa shape index (κ1) is 20.2. The molecule has 0 aromatic heterocycles. The van der Waals surface area contributed by atoms with E-state index in [1.165, 1.54) is 5.56 Å². The number of aliphatic imine (C=N–C) groups is 1. The first-order chi connectivity index (χ1) is 13.8. The smallest absolute Gasteiger partial charge is 0.193 e. The zero-order valence-electron chi connectivity index (χ0n) is 16.9. The number of para-hydroxylation sites is 1. The van der Waals surface area contributed by atoms with E-state index < -0.39 is 0 Å². The largest absolute Gasteiger partial charge is 0.489 e. The monoisotopic (exact) mass is 381 g/mol. The third kappa shape index (κ3) is 5.99. The van der Waals surface area contributed by atoms with Gasteiger partial charge < -0.3 is 19.7 Å². The highest BCUT2D eigenvalue weighted by Gasteiger charge is 2.19. The number of rotatable bonds is 8. The van der Waals surface area contributed by atoms with Gasteiger partial charge in [-0.3, -0.25) is 0 Å². The second-order valence-electron chi connectivity index (χ2n) is 7.15. The normalized spacial score (nSPS) is 16.8. The highest BCUT2D eigenvalue weighted by atomic mass is 16.5. The van der Waals surface area contributed by atoms with Gasteiger partial charge >= 0.3 is 0 Å². The van der Waals surface area contributed by atoms with Gasteiger partial charge in [-0.15, -0.1) is 0 Å². The lowest BCUT2D eigenvalue weighted by Gasteiger charge is -2.24. The Hall–Kier alpha value is -2.53. The van der Waals surface area contributed by atoms with Crippen LogP contribution in [-0.4, -0.2) is 44.2 Å². The van der Waals surface area contributed by atoms with Crippen LogP contribution in [0.3, 0.4) is 0 Å². The molecule has 1 aliphatic rings. The van der Waals surface area contributed by atoms with E-state index in [4.69, 9.17) is 14.5 Å². The first-order valence-electron chi connectivity index (χ1n) is 10.1. The SMILES string of the molecule is CCNC(=NCc1ccccc1COc1ccccc1)N(C)CC1CCOC1. The van der Waals surface area contributed by atoms with Gasteiger partial charge in [0.25, 0.3) is 0 Å². The lowest BCUT2D eigenvalue weighted by atomic mass is 10.1. The van der Waals surface area contributed by atoms with Crippen LogP contribution in [0.1, 0.15) is 24.5 Å². The van der Waals surface area contributed by atoms with Crippen LogP contribution >= 0.6 is 0 Å². The lowest BCUT2D eigenvalue weighted by Crippen LogP contribution is -2.41. The van der Waals surface area contributed by atoms with Gasteiger partial charge in [0.05, 0.1) is 13.2 Å². The van der Waals surface area contributed by atoms with Gasteiger partial charge in [-0.2, -0.15) is 0 Å². The molecule has 2 aromatic carbocycles. The highest BCUT2D eigenvalue weighted by Crippen LogP contribution is 2.16. The fourth-order valence-electron chi connectivity index (χ4n) is 3.36. The molecule has 150 valence electrons. The van der Waals surface area contributed by atoms with Crippen LogP contribution in [0.15, 0.2) is 59.6 Å². The molecule has 0 saturated carbocycles. The minimum Gasteiger partial charge on any atom is -0.489 e. The van der Waals surface area contributed by atoms with Crippen molar-refractivity contribution in [3.05, 3.63) is 65.7 Å². The van der Waals surface area contributed by atoms with Gasteiger partial charge in [-0.1, -0.05) is 42.5 Å². The number of hydrogen-bond donors (Lipinski definition) is 1. The van der Waals surface area contributed by atoms with Crippen molar-refractivity contribution in [2.24, 2.45) is 10.9 Å². The van der Waals surface area contributed by atoms with E-state index in [0.29, 0.717) is 19.1 Å². The molecule has 0 radical (unpaired) electrons. The maximum Gasteiger partial charge on any atom is 0.193 e. The molecule has 3 rings (SSSR count). The van der Waals surface area contributed by atoms with E-state index in [1.54, 1.807) is 0 Å². The van der Waals surface area contributed by atoms with E-state index in [-0.39, 0.29) is 0 Å². The number of nitrogens with zero attached hydrogens (tertiary/aromatic N) is 2. The molecule has 0 aliphatic carbocycles. The Morgan fingerprint density at radius 3 is 2.61 bits per heavy atom. The number of hydrogen-bond acceptors (Lipinski definition) is 3. The molecule has 1 heterocycles. The Morgan fingerprint density at radius 1 is 1.14 bits per heavy atom. The van der Waals surface area contributed by atoms with Crippen molar-refractivity contribution in [2.45, 2.75) is 26.5 Å². The lowest BCUT2D eigenvalue weighted by molar-refractivity contribution is 0.181. The predicted molar refractivity (Wildman–Crippen MR) is 114 cm³/mol. The van der Waals surface area contributed by atoms with Gasteiger partial charge in [-0.05, 0) is 36.6 Å². The summed E-state index contributed by atoms with van der Waals surface area (Å²) in [4.78, 5) is 7.09. The molecular weight excluding hydrogens is 350 g/mol. The zero-order chi connectivity index (χ0) is 19.6. The average molecular weight is 382 g/mol. The van der Waals surface area contributed by atoms with Crippen molar-refractivity contribution in [1.82, 2.24) is 10.2 Å². The standard InChI is InChI=1S/C23H31N3O2/c1-3-24-23(26(2)16-19-13-14-27-17-19)25-15-20-9-7-8-10-21(20)18-28-22-11-5-4-6-12-22/h4-12,19H,3,13-18H2,1-2H3,(H,24,25). The molecule has 1 N–H and O–H groups in total. The summed E-state index contributed by atoms with van der Waals surface area (Å²) in [5.41, 5.74) is 2.35. The topological polar surface area (TPSA) is 46.1 Å². The third-order valence-electron chi connectivity index (χ3n) is 4.91. The summed E-state index contributed by atoms with van der Waals surface area (Å²) in [6.07, 6.45) is 1.13. The summed E-state index contributed by atoms with van der Waals surface area (Å²) in [6.45, 7) is 6.81. The molecule has 2 aromatic rings. The highest BCUT2D eigenvalue weighted by molar-refractivity contribution is 5.79. The van der Waals surface area contributed by atoms with Crippen molar-refractivity contribution in [2.75, 3.05) is 33.4 Å². The van der Waals surface area contributed by atoms with Gasteiger partial charge in [0.2, 0.25) is 0 Å². The Morgan fingerprint density at radius 2 is 1.89 bits per heavy atom. The number of ether oxygens (including phenoxy) is 2. The van der Waals surface area contributed by atoms with E-state index in [1.807, 2.05) is 36.4 Å². The molecule has 1 fully saturated rings. The fourth-order valence-corrected chi connectivity index (χ4v) is 3.36.